The van der Waals surface area contributed by atoms with Gasteiger partial charge in [0.2, 0.25) is 0 Å². The second-order valence-electron chi connectivity index (χ2n) is 2.49. The molecule has 0 radical (unpaired) electrons. The quantitative estimate of drug-likeness (QED) is 0.695. The van der Waals surface area contributed by atoms with Crippen molar-refractivity contribution in [3.63, 3.8) is 0 Å². The van der Waals surface area contributed by atoms with E-state index in [1.165, 1.54) is 10.7 Å². The summed E-state index contributed by atoms with van der Waals surface area (Å²) in [7, 11) is 0. The fourth-order valence-corrected chi connectivity index (χ4v) is 0.940. The van der Waals surface area contributed by atoms with E-state index in [1.807, 2.05) is 6.92 Å². The second-order valence-corrected chi connectivity index (χ2v) is 3.02. The van der Waals surface area contributed by atoms with Crippen molar-refractivity contribution in [1.82, 2.24) is 9.78 Å². The predicted octanol–water partition coefficient (Wildman–Crippen LogP) is 1.30. The number of hydrogen-bond donors (Lipinski definition) is 0. The Hall–Kier alpha value is -1.09. The first-order valence-corrected chi connectivity index (χ1v) is 3.85. The van der Waals surface area contributed by atoms with E-state index >= 15 is 0 Å². The molecule has 4 heteroatoms. The lowest BCUT2D eigenvalue weighted by molar-refractivity contribution is 0.635. The molecule has 1 rings (SSSR count). The van der Waals surface area contributed by atoms with Gasteiger partial charge in [0.05, 0.1) is 12.2 Å². The Bertz CT molecular complexity index is 356. The van der Waals surface area contributed by atoms with Gasteiger partial charge >= 0.3 is 0 Å². The molecule has 0 saturated heterocycles. The van der Waals surface area contributed by atoms with Crippen molar-refractivity contribution in [1.29, 1.82) is 0 Å². The second kappa shape index (κ2) is 3.54. The van der Waals surface area contributed by atoms with E-state index in [9.17, 15) is 4.79 Å². The molecule has 0 amide bonds. The highest BCUT2D eigenvalue weighted by Crippen LogP contribution is 1.98. The molecule has 64 valence electrons. The first kappa shape index (κ1) is 9.00. The largest absolute Gasteiger partial charge is 0.268 e. The van der Waals surface area contributed by atoms with Gasteiger partial charge in [0, 0.05) is 11.1 Å². The van der Waals surface area contributed by atoms with Gasteiger partial charge in [-0.1, -0.05) is 18.2 Å². The predicted molar refractivity (Wildman–Crippen MR) is 48.2 cm³/mol. The summed E-state index contributed by atoms with van der Waals surface area (Å²) in [6.45, 7) is 5.57. The number of hydrogen-bond acceptors (Lipinski definition) is 2. The SMILES string of the molecule is C=C(Cl)Cn1nc(C)ccc1=O. The lowest BCUT2D eigenvalue weighted by Gasteiger charge is -2.01. The summed E-state index contributed by atoms with van der Waals surface area (Å²) in [5, 5.41) is 4.37. The Labute approximate surface area is 75.3 Å². The van der Waals surface area contributed by atoms with Crippen molar-refractivity contribution in [2.75, 3.05) is 0 Å². The molecule has 0 unspecified atom stereocenters. The van der Waals surface area contributed by atoms with Crippen molar-refractivity contribution < 1.29 is 0 Å². The molecular formula is C8H9ClN2O. The van der Waals surface area contributed by atoms with Crippen LogP contribution in [0.4, 0.5) is 0 Å². The third-order valence-electron chi connectivity index (χ3n) is 1.32. The third-order valence-corrected chi connectivity index (χ3v) is 1.44. The topological polar surface area (TPSA) is 34.9 Å². The zero-order valence-corrected chi connectivity index (χ0v) is 7.51. The molecule has 0 atom stereocenters. The van der Waals surface area contributed by atoms with E-state index in [0.717, 1.165) is 5.69 Å². The number of nitrogens with zero attached hydrogens (tertiary/aromatic N) is 2. The Morgan fingerprint density at radius 1 is 1.75 bits per heavy atom. The molecule has 0 aliphatic heterocycles. The monoisotopic (exact) mass is 184 g/mol. The van der Waals surface area contributed by atoms with Crippen LogP contribution < -0.4 is 5.56 Å². The molecule has 1 aromatic rings. The van der Waals surface area contributed by atoms with Gasteiger partial charge in [0.1, 0.15) is 0 Å². The summed E-state index contributed by atoms with van der Waals surface area (Å²) in [6, 6.07) is 3.12. The molecule has 0 fully saturated rings. The minimum absolute atomic E-state index is 0.164. The highest BCUT2D eigenvalue weighted by Gasteiger charge is 1.97. The fraction of sp³-hybridized carbons (Fsp3) is 0.250. The average molecular weight is 185 g/mol. The molecule has 0 saturated carbocycles. The summed E-state index contributed by atoms with van der Waals surface area (Å²) in [4.78, 5) is 11.1. The van der Waals surface area contributed by atoms with Gasteiger partial charge in [-0.3, -0.25) is 4.79 Å². The maximum Gasteiger partial charge on any atom is 0.267 e. The van der Waals surface area contributed by atoms with E-state index in [0.29, 0.717) is 5.03 Å². The number of allylic oxidation sites excluding steroid dienone is 1. The molecule has 0 aliphatic carbocycles. The van der Waals surface area contributed by atoms with Crippen LogP contribution in [0.5, 0.6) is 0 Å². The maximum absolute atomic E-state index is 11.1. The van der Waals surface area contributed by atoms with Gasteiger partial charge in [0.25, 0.3) is 5.56 Å². The van der Waals surface area contributed by atoms with Gasteiger partial charge < -0.3 is 0 Å². The van der Waals surface area contributed by atoms with Crippen LogP contribution in [0.25, 0.3) is 0 Å². The Kier molecular flexibility index (Phi) is 2.65. The molecule has 1 heterocycles. The van der Waals surface area contributed by atoms with Gasteiger partial charge in [-0.25, -0.2) is 4.68 Å². The Morgan fingerprint density at radius 2 is 2.42 bits per heavy atom. The zero-order valence-electron chi connectivity index (χ0n) is 6.75. The zero-order chi connectivity index (χ0) is 9.14. The summed E-state index contributed by atoms with van der Waals surface area (Å²) >= 11 is 5.54. The lowest BCUT2D eigenvalue weighted by atomic mass is 10.4. The first-order valence-electron chi connectivity index (χ1n) is 3.47. The van der Waals surface area contributed by atoms with Crippen molar-refractivity contribution >= 4 is 11.6 Å². The molecule has 0 bridgehead atoms. The highest BCUT2D eigenvalue weighted by atomic mass is 35.5. The summed E-state index contributed by atoms with van der Waals surface area (Å²) in [5.74, 6) is 0. The number of halogens is 1. The van der Waals surface area contributed by atoms with Crippen LogP contribution in [0.15, 0.2) is 28.5 Å². The van der Waals surface area contributed by atoms with Crippen LogP contribution in [0.1, 0.15) is 5.69 Å². The molecule has 0 aromatic carbocycles. The molecule has 3 nitrogen and oxygen atoms in total. The van der Waals surface area contributed by atoms with Crippen LogP contribution in [0, 0.1) is 6.92 Å². The van der Waals surface area contributed by atoms with E-state index in [1.54, 1.807) is 6.07 Å². The number of rotatable bonds is 2. The van der Waals surface area contributed by atoms with Gasteiger partial charge in [-0.15, -0.1) is 0 Å². The molecule has 1 aromatic heterocycles. The first-order chi connectivity index (χ1) is 5.59. The maximum atomic E-state index is 11.1. The van der Waals surface area contributed by atoms with Gasteiger partial charge in [-0.2, -0.15) is 5.10 Å². The highest BCUT2D eigenvalue weighted by molar-refractivity contribution is 6.29. The fourth-order valence-electron chi connectivity index (χ4n) is 0.827. The van der Waals surface area contributed by atoms with E-state index in [2.05, 4.69) is 11.7 Å². The van der Waals surface area contributed by atoms with Crippen molar-refractivity contribution in [2.24, 2.45) is 0 Å². The summed E-state index contributed by atoms with van der Waals surface area (Å²) in [5.41, 5.74) is 0.620. The van der Waals surface area contributed by atoms with Crippen LogP contribution in [0.2, 0.25) is 0 Å². The standard InChI is InChI=1S/C8H9ClN2O/c1-6(9)5-11-8(12)4-3-7(2)10-11/h3-4H,1,5H2,2H3. The molecule has 0 spiro atoms. The van der Waals surface area contributed by atoms with Crippen LogP contribution in [-0.2, 0) is 6.54 Å². The van der Waals surface area contributed by atoms with E-state index < -0.39 is 0 Å². The van der Waals surface area contributed by atoms with Crippen LogP contribution in [0.3, 0.4) is 0 Å². The molecule has 0 aliphatic rings. The number of aryl methyl sites for hydroxylation is 1. The van der Waals surface area contributed by atoms with Gasteiger partial charge in [-0.05, 0) is 13.0 Å². The Morgan fingerprint density at radius 3 is 3.00 bits per heavy atom. The third kappa shape index (κ3) is 2.20. The smallest absolute Gasteiger partial charge is 0.267 e. The van der Waals surface area contributed by atoms with E-state index in [-0.39, 0.29) is 12.1 Å². The summed E-state index contributed by atoms with van der Waals surface area (Å²) in [6.07, 6.45) is 0. The average Bonchev–Trinajstić information content (AvgIpc) is 1.96. The van der Waals surface area contributed by atoms with Crippen molar-refractivity contribution in [2.45, 2.75) is 13.5 Å². The van der Waals surface area contributed by atoms with E-state index in [4.69, 9.17) is 11.6 Å². The van der Waals surface area contributed by atoms with Crippen LogP contribution >= 0.6 is 11.6 Å². The summed E-state index contributed by atoms with van der Waals surface area (Å²) < 4.78 is 1.28. The Balaban J connectivity index is 3.06. The minimum Gasteiger partial charge on any atom is -0.268 e. The minimum atomic E-state index is -0.164. The van der Waals surface area contributed by atoms with Crippen LogP contribution in [-0.4, -0.2) is 9.78 Å². The lowest BCUT2D eigenvalue weighted by Crippen LogP contribution is -2.22. The molecular weight excluding hydrogens is 176 g/mol. The van der Waals surface area contributed by atoms with Crippen molar-refractivity contribution in [3.05, 3.63) is 39.8 Å². The van der Waals surface area contributed by atoms with Gasteiger partial charge in [0.15, 0.2) is 0 Å². The number of aromatic nitrogens is 2. The normalized spacial score (nSPS) is 9.83. The van der Waals surface area contributed by atoms with Crippen molar-refractivity contribution in [3.8, 4) is 0 Å². The molecule has 0 N–H and O–H groups in total. The molecule has 12 heavy (non-hydrogen) atoms.